The number of rotatable bonds is 3. The summed E-state index contributed by atoms with van der Waals surface area (Å²) in [6.45, 7) is 6.16. The summed E-state index contributed by atoms with van der Waals surface area (Å²) >= 11 is 0. The standard InChI is InChI=1S/C14H18N4/c1-9-4-5-12(6-10(9)2)8-13-16-11(3)7-14(17-13)18-15/h4-7H,8,15H2,1-3H3,(H,16,17,18). The highest BCUT2D eigenvalue weighted by Crippen LogP contribution is 2.13. The fourth-order valence-corrected chi connectivity index (χ4v) is 1.88. The number of benzene rings is 1. The smallest absolute Gasteiger partial charge is 0.143 e. The molecule has 0 atom stereocenters. The summed E-state index contributed by atoms with van der Waals surface area (Å²) in [7, 11) is 0. The molecule has 0 bridgehead atoms. The van der Waals surface area contributed by atoms with Crippen molar-refractivity contribution in [1.82, 2.24) is 9.97 Å². The fraction of sp³-hybridized carbons (Fsp3) is 0.286. The molecule has 0 saturated heterocycles. The molecule has 18 heavy (non-hydrogen) atoms. The molecule has 0 spiro atoms. The number of hydrazine groups is 1. The number of nitrogens with two attached hydrogens (primary N) is 1. The van der Waals surface area contributed by atoms with Gasteiger partial charge >= 0.3 is 0 Å². The highest BCUT2D eigenvalue weighted by atomic mass is 15.3. The lowest BCUT2D eigenvalue weighted by Gasteiger charge is -2.07. The number of nitrogen functional groups attached to an aromatic ring is 1. The van der Waals surface area contributed by atoms with Gasteiger partial charge in [-0.05, 0) is 37.5 Å². The third kappa shape index (κ3) is 2.84. The summed E-state index contributed by atoms with van der Waals surface area (Å²) in [5.74, 6) is 6.82. The van der Waals surface area contributed by atoms with E-state index in [1.807, 2.05) is 13.0 Å². The molecule has 0 aliphatic rings. The Kier molecular flexibility index (Phi) is 3.58. The molecular weight excluding hydrogens is 224 g/mol. The molecule has 0 amide bonds. The van der Waals surface area contributed by atoms with Gasteiger partial charge < -0.3 is 5.43 Å². The lowest BCUT2D eigenvalue weighted by Crippen LogP contribution is -2.11. The van der Waals surface area contributed by atoms with E-state index in [1.165, 1.54) is 16.7 Å². The van der Waals surface area contributed by atoms with Crippen molar-refractivity contribution in [2.75, 3.05) is 5.43 Å². The Labute approximate surface area is 107 Å². The number of hydrogen-bond donors (Lipinski definition) is 2. The number of aryl methyl sites for hydroxylation is 3. The highest BCUT2D eigenvalue weighted by Gasteiger charge is 2.04. The number of nitrogens with one attached hydrogen (secondary N) is 1. The number of hydrogen-bond acceptors (Lipinski definition) is 4. The molecule has 2 rings (SSSR count). The monoisotopic (exact) mass is 242 g/mol. The Balaban J connectivity index is 2.27. The van der Waals surface area contributed by atoms with Crippen molar-refractivity contribution >= 4 is 5.82 Å². The van der Waals surface area contributed by atoms with E-state index in [1.54, 1.807) is 0 Å². The van der Waals surface area contributed by atoms with Gasteiger partial charge in [-0.3, -0.25) is 0 Å². The van der Waals surface area contributed by atoms with Crippen LogP contribution < -0.4 is 11.3 Å². The Hall–Kier alpha value is -1.94. The first-order valence-electron chi connectivity index (χ1n) is 5.96. The van der Waals surface area contributed by atoms with Crippen molar-refractivity contribution < 1.29 is 0 Å². The molecule has 0 radical (unpaired) electrons. The zero-order valence-corrected chi connectivity index (χ0v) is 11.0. The molecule has 1 aromatic heterocycles. The van der Waals surface area contributed by atoms with Crippen LogP contribution in [0.4, 0.5) is 5.82 Å². The second kappa shape index (κ2) is 5.14. The zero-order valence-electron chi connectivity index (χ0n) is 11.0. The first kappa shape index (κ1) is 12.5. The lowest BCUT2D eigenvalue weighted by atomic mass is 10.0. The summed E-state index contributed by atoms with van der Waals surface area (Å²) in [6, 6.07) is 8.24. The molecule has 94 valence electrons. The van der Waals surface area contributed by atoms with E-state index in [0.717, 1.165) is 17.9 Å². The van der Waals surface area contributed by atoms with Crippen LogP contribution in [0.1, 0.15) is 28.2 Å². The lowest BCUT2D eigenvalue weighted by molar-refractivity contribution is 0.939. The molecule has 0 aliphatic heterocycles. The average molecular weight is 242 g/mol. The molecule has 1 aromatic carbocycles. The minimum Gasteiger partial charge on any atom is -0.308 e. The SMILES string of the molecule is Cc1cc(NN)nc(Cc2ccc(C)c(C)c2)n1. The maximum absolute atomic E-state index is 5.38. The van der Waals surface area contributed by atoms with Gasteiger partial charge in [0, 0.05) is 18.2 Å². The quantitative estimate of drug-likeness (QED) is 0.640. The maximum atomic E-state index is 5.38. The summed E-state index contributed by atoms with van der Waals surface area (Å²) in [6.07, 6.45) is 0.720. The summed E-state index contributed by atoms with van der Waals surface area (Å²) < 4.78 is 0. The average Bonchev–Trinajstić information content (AvgIpc) is 2.33. The first-order chi connectivity index (χ1) is 8.58. The van der Waals surface area contributed by atoms with Crippen molar-refractivity contribution in [3.05, 3.63) is 52.5 Å². The normalized spacial score (nSPS) is 10.4. The Morgan fingerprint density at radius 3 is 2.50 bits per heavy atom. The van der Waals surface area contributed by atoms with E-state index < -0.39 is 0 Å². The van der Waals surface area contributed by atoms with Crippen molar-refractivity contribution in [3.63, 3.8) is 0 Å². The Bertz CT molecular complexity index is 564. The molecule has 0 aliphatic carbocycles. The van der Waals surface area contributed by atoms with E-state index in [0.29, 0.717) is 5.82 Å². The van der Waals surface area contributed by atoms with Crippen LogP contribution in [-0.4, -0.2) is 9.97 Å². The van der Waals surface area contributed by atoms with Gasteiger partial charge in [-0.2, -0.15) is 0 Å². The van der Waals surface area contributed by atoms with Crippen LogP contribution in [-0.2, 0) is 6.42 Å². The molecule has 0 unspecified atom stereocenters. The van der Waals surface area contributed by atoms with Crippen LogP contribution in [0, 0.1) is 20.8 Å². The molecule has 1 heterocycles. The third-order valence-electron chi connectivity index (χ3n) is 2.98. The second-order valence-corrected chi connectivity index (χ2v) is 4.55. The van der Waals surface area contributed by atoms with Gasteiger partial charge in [0.1, 0.15) is 11.6 Å². The third-order valence-corrected chi connectivity index (χ3v) is 2.98. The molecule has 3 N–H and O–H groups in total. The van der Waals surface area contributed by atoms with Gasteiger partial charge in [-0.25, -0.2) is 15.8 Å². The fourth-order valence-electron chi connectivity index (χ4n) is 1.88. The maximum Gasteiger partial charge on any atom is 0.143 e. The molecule has 2 aromatic rings. The summed E-state index contributed by atoms with van der Waals surface area (Å²) in [5, 5.41) is 0. The number of aromatic nitrogens is 2. The zero-order chi connectivity index (χ0) is 13.1. The van der Waals surface area contributed by atoms with Gasteiger partial charge in [-0.15, -0.1) is 0 Å². The van der Waals surface area contributed by atoms with Crippen LogP contribution >= 0.6 is 0 Å². The van der Waals surface area contributed by atoms with Crippen molar-refractivity contribution in [2.24, 2.45) is 5.84 Å². The van der Waals surface area contributed by atoms with Crippen molar-refractivity contribution in [3.8, 4) is 0 Å². The van der Waals surface area contributed by atoms with E-state index in [9.17, 15) is 0 Å². The van der Waals surface area contributed by atoms with Gasteiger partial charge in [0.2, 0.25) is 0 Å². The molecule has 0 saturated carbocycles. The van der Waals surface area contributed by atoms with E-state index >= 15 is 0 Å². The molecule has 0 fully saturated rings. The van der Waals surface area contributed by atoms with Gasteiger partial charge in [0.05, 0.1) is 0 Å². The van der Waals surface area contributed by atoms with Crippen molar-refractivity contribution in [1.29, 1.82) is 0 Å². The van der Waals surface area contributed by atoms with Crippen LogP contribution in [0.3, 0.4) is 0 Å². The van der Waals surface area contributed by atoms with Crippen LogP contribution in [0.5, 0.6) is 0 Å². The first-order valence-corrected chi connectivity index (χ1v) is 5.96. The summed E-state index contributed by atoms with van der Waals surface area (Å²) in [5.41, 5.74) is 7.28. The predicted octanol–water partition coefficient (Wildman–Crippen LogP) is 2.28. The van der Waals surface area contributed by atoms with Crippen LogP contribution in [0.15, 0.2) is 24.3 Å². The largest absolute Gasteiger partial charge is 0.308 e. The van der Waals surface area contributed by atoms with Gasteiger partial charge in [0.15, 0.2) is 0 Å². The van der Waals surface area contributed by atoms with Gasteiger partial charge in [0.25, 0.3) is 0 Å². The number of nitrogens with zero attached hydrogens (tertiary/aromatic N) is 2. The molecular formula is C14H18N4. The predicted molar refractivity (Wildman–Crippen MR) is 73.3 cm³/mol. The van der Waals surface area contributed by atoms with Gasteiger partial charge in [-0.1, -0.05) is 18.2 Å². The summed E-state index contributed by atoms with van der Waals surface area (Å²) in [4.78, 5) is 8.77. The molecule has 4 nitrogen and oxygen atoms in total. The minimum atomic E-state index is 0.654. The Morgan fingerprint density at radius 2 is 1.83 bits per heavy atom. The van der Waals surface area contributed by atoms with Crippen LogP contribution in [0.25, 0.3) is 0 Å². The molecule has 4 heteroatoms. The van der Waals surface area contributed by atoms with E-state index in [2.05, 4.69) is 47.4 Å². The highest BCUT2D eigenvalue weighted by molar-refractivity contribution is 5.36. The van der Waals surface area contributed by atoms with Crippen molar-refractivity contribution in [2.45, 2.75) is 27.2 Å². The Morgan fingerprint density at radius 1 is 1.06 bits per heavy atom. The van der Waals surface area contributed by atoms with E-state index in [-0.39, 0.29) is 0 Å². The second-order valence-electron chi connectivity index (χ2n) is 4.55. The number of anilines is 1. The van der Waals surface area contributed by atoms with E-state index in [4.69, 9.17) is 5.84 Å². The minimum absolute atomic E-state index is 0.654. The topological polar surface area (TPSA) is 63.8 Å². The van der Waals surface area contributed by atoms with Crippen LogP contribution in [0.2, 0.25) is 0 Å².